The fourth-order valence-electron chi connectivity index (χ4n) is 3.59. The lowest BCUT2D eigenvalue weighted by Crippen LogP contribution is -2.35. The van der Waals surface area contributed by atoms with Crippen molar-refractivity contribution in [3.63, 3.8) is 0 Å². The second-order valence-electron chi connectivity index (χ2n) is 7.77. The third-order valence-electron chi connectivity index (χ3n) is 5.09. The zero-order valence-electron chi connectivity index (χ0n) is 19.2. The van der Waals surface area contributed by atoms with Gasteiger partial charge in [0.05, 0.1) is 33.4 Å². The SMILES string of the molecule is N#CC(C#N)=c1cc(C(F)(F)F)/c(=C(/C#N)c2cc(C(F)(F)F)c(C#N)c(C(F)(F)F)c2)c(S(F)(F)(F)(F)F)c1C#N. The second-order valence-corrected chi connectivity index (χ2v) is 10.1. The summed E-state index contributed by atoms with van der Waals surface area (Å²) in [7, 11) is -11.8. The topological polar surface area (TPSA) is 119 Å². The molecule has 20 heteroatoms. The van der Waals surface area contributed by atoms with Crippen LogP contribution in [0, 0.1) is 56.7 Å². The zero-order valence-corrected chi connectivity index (χ0v) is 20.0. The molecule has 0 aromatic heterocycles. The Labute approximate surface area is 223 Å². The van der Waals surface area contributed by atoms with Crippen LogP contribution in [-0.4, -0.2) is 0 Å². The van der Waals surface area contributed by atoms with Crippen LogP contribution < -0.4 is 10.4 Å². The Bertz CT molecular complexity index is 1810. The van der Waals surface area contributed by atoms with Crippen molar-refractivity contribution in [1.82, 2.24) is 0 Å². The van der Waals surface area contributed by atoms with Crippen LogP contribution in [0.5, 0.6) is 0 Å². The molecule has 5 nitrogen and oxygen atoms in total. The molecule has 0 saturated heterocycles. The highest BCUT2D eigenvalue weighted by Crippen LogP contribution is 3.01. The number of rotatable bonds is 2. The van der Waals surface area contributed by atoms with E-state index in [2.05, 4.69) is 0 Å². The van der Waals surface area contributed by atoms with Gasteiger partial charge in [0.15, 0.2) is 0 Å². The summed E-state index contributed by atoms with van der Waals surface area (Å²) < 4.78 is 195. The van der Waals surface area contributed by atoms with Gasteiger partial charge >= 0.3 is 28.8 Å². The molecule has 42 heavy (non-hydrogen) atoms. The molecule has 2 rings (SSSR count). The molecule has 0 fully saturated rings. The van der Waals surface area contributed by atoms with Gasteiger partial charge in [0, 0.05) is 10.4 Å². The number of hydrogen-bond donors (Lipinski definition) is 0. The van der Waals surface area contributed by atoms with Crippen molar-refractivity contribution < 1.29 is 58.9 Å². The molecule has 2 aromatic carbocycles. The van der Waals surface area contributed by atoms with Crippen molar-refractivity contribution in [3.05, 3.63) is 62.0 Å². The number of benzene rings is 2. The summed E-state index contributed by atoms with van der Waals surface area (Å²) >= 11 is 0. The van der Waals surface area contributed by atoms with Crippen LogP contribution in [0.25, 0.3) is 11.1 Å². The van der Waals surface area contributed by atoms with Gasteiger partial charge in [0.2, 0.25) is 0 Å². The highest BCUT2D eigenvalue weighted by Gasteiger charge is 2.68. The molecular formula is C22H3F14N5S. The zero-order chi connectivity index (χ0) is 32.9. The van der Waals surface area contributed by atoms with Crippen molar-refractivity contribution in [1.29, 1.82) is 26.3 Å². The summed E-state index contributed by atoms with van der Waals surface area (Å²) in [6.45, 7) is 0. The van der Waals surface area contributed by atoms with Gasteiger partial charge in [-0.25, -0.2) is 0 Å². The number of nitriles is 5. The Balaban J connectivity index is 3.76. The average molecular weight is 635 g/mol. The third-order valence-corrected chi connectivity index (χ3v) is 6.27. The van der Waals surface area contributed by atoms with Gasteiger partial charge in [-0.3, -0.25) is 0 Å². The van der Waals surface area contributed by atoms with Crippen molar-refractivity contribution in [2.75, 3.05) is 0 Å². The molecule has 0 heterocycles. The second kappa shape index (κ2) is 9.26. The van der Waals surface area contributed by atoms with Gasteiger partial charge < -0.3 is 0 Å². The average Bonchev–Trinajstić information content (AvgIpc) is 2.81. The van der Waals surface area contributed by atoms with E-state index < -0.39 is 107 Å². The number of alkyl halides is 9. The fourth-order valence-corrected chi connectivity index (χ4v) is 4.73. The van der Waals surface area contributed by atoms with E-state index in [1.165, 1.54) is 0 Å². The standard InChI is InChI=1S/C22H3F14N5S/c23-20(24,25)15-1-9(2-16(14(15)8-41)21(26,27)28)12(6-39)18-17(22(29,30)31)3-11(10(4-37)5-38)13(7-40)19(18)42(32,33,34,35)36/h1-3H/b18-12+. The minimum absolute atomic E-state index is 0.423. The van der Waals surface area contributed by atoms with Gasteiger partial charge in [-0.2, -0.15) is 65.8 Å². The highest BCUT2D eigenvalue weighted by atomic mass is 32.5. The molecule has 0 spiro atoms. The van der Waals surface area contributed by atoms with Crippen LogP contribution in [-0.2, 0) is 18.5 Å². The van der Waals surface area contributed by atoms with E-state index in [1.807, 2.05) is 0 Å². The third kappa shape index (κ3) is 6.17. The summed E-state index contributed by atoms with van der Waals surface area (Å²) in [4.78, 5) is -3.91. The molecule has 0 aliphatic heterocycles. The molecule has 0 aliphatic rings. The van der Waals surface area contributed by atoms with E-state index in [4.69, 9.17) is 15.8 Å². The van der Waals surface area contributed by atoms with Gasteiger partial charge in [0.1, 0.15) is 40.8 Å². The molecule has 0 bridgehead atoms. The Kier molecular flexibility index (Phi) is 7.32. The molecule has 0 aliphatic carbocycles. The first-order valence-electron chi connectivity index (χ1n) is 9.78. The fraction of sp³-hybridized carbons (Fsp3) is 0.136. The summed E-state index contributed by atoms with van der Waals surface area (Å²) in [6.07, 6.45) is -18.2. The molecule has 220 valence electrons. The largest absolute Gasteiger partial charge is 0.417 e. The van der Waals surface area contributed by atoms with Crippen molar-refractivity contribution in [3.8, 4) is 30.3 Å². The maximum atomic E-state index is 14.3. The van der Waals surface area contributed by atoms with Crippen molar-refractivity contribution in [2.45, 2.75) is 23.4 Å². The highest BCUT2D eigenvalue weighted by molar-refractivity contribution is 8.45. The van der Waals surface area contributed by atoms with Crippen LogP contribution >= 0.6 is 10.2 Å². The number of halogens is 14. The summed E-state index contributed by atoms with van der Waals surface area (Å²) in [5.41, 5.74) is -19.4. The quantitative estimate of drug-likeness (QED) is 0.328. The van der Waals surface area contributed by atoms with Crippen LogP contribution in [0.1, 0.15) is 33.4 Å². The summed E-state index contributed by atoms with van der Waals surface area (Å²) in [5.74, 6) is 0. The first kappa shape index (κ1) is 33.2. The van der Waals surface area contributed by atoms with Crippen molar-refractivity contribution >= 4 is 21.4 Å². The Morgan fingerprint density at radius 2 is 0.976 bits per heavy atom. The lowest BCUT2D eigenvalue weighted by molar-refractivity contribution is -0.143. The lowest BCUT2D eigenvalue weighted by Gasteiger charge is -2.42. The van der Waals surface area contributed by atoms with Crippen LogP contribution in [0.15, 0.2) is 23.1 Å². The van der Waals surface area contributed by atoms with Crippen LogP contribution in [0.3, 0.4) is 0 Å². The van der Waals surface area contributed by atoms with E-state index in [1.54, 1.807) is 0 Å². The van der Waals surface area contributed by atoms with E-state index in [0.29, 0.717) is 18.2 Å². The minimum Gasteiger partial charge on any atom is -0.192 e. The molecule has 0 amide bonds. The lowest BCUT2D eigenvalue weighted by atomic mass is 9.91. The Morgan fingerprint density at radius 3 is 1.26 bits per heavy atom. The van der Waals surface area contributed by atoms with E-state index in [-0.39, 0.29) is 0 Å². The first-order chi connectivity index (χ1) is 18.7. The van der Waals surface area contributed by atoms with E-state index >= 15 is 0 Å². The molecular weight excluding hydrogens is 632 g/mol. The van der Waals surface area contributed by atoms with Crippen LogP contribution in [0.2, 0.25) is 0 Å². The molecule has 0 N–H and O–H groups in total. The van der Waals surface area contributed by atoms with E-state index in [9.17, 15) is 69.5 Å². The first-order valence-corrected chi connectivity index (χ1v) is 11.7. The van der Waals surface area contributed by atoms with Gasteiger partial charge in [-0.1, -0.05) is 19.4 Å². The number of nitrogens with zero attached hydrogens (tertiary/aromatic N) is 5. The smallest absolute Gasteiger partial charge is 0.192 e. The predicted molar refractivity (Wildman–Crippen MR) is 111 cm³/mol. The molecule has 0 unspecified atom stereocenters. The summed E-state index contributed by atoms with van der Waals surface area (Å²) in [6, 6.07) is 0.994. The minimum atomic E-state index is -11.8. The maximum Gasteiger partial charge on any atom is 0.417 e. The Hall–Kier alpha value is -5.00. The van der Waals surface area contributed by atoms with Gasteiger partial charge in [0.25, 0.3) is 0 Å². The normalized spacial score (nSPS) is 14.6. The monoisotopic (exact) mass is 635 g/mol. The maximum absolute atomic E-state index is 14.3. The van der Waals surface area contributed by atoms with Gasteiger partial charge in [-0.15, -0.1) is 0 Å². The molecule has 0 radical (unpaired) electrons. The van der Waals surface area contributed by atoms with Crippen molar-refractivity contribution in [2.24, 2.45) is 0 Å². The number of hydrogen-bond acceptors (Lipinski definition) is 5. The van der Waals surface area contributed by atoms with Crippen LogP contribution in [0.4, 0.5) is 58.9 Å². The van der Waals surface area contributed by atoms with Gasteiger partial charge in [-0.05, 0) is 23.8 Å². The van der Waals surface area contributed by atoms with E-state index in [0.717, 1.165) is 12.1 Å². The summed E-state index contributed by atoms with van der Waals surface area (Å²) in [5, 5.41) is 40.4. The molecule has 0 saturated carbocycles. The Morgan fingerprint density at radius 1 is 0.571 bits per heavy atom. The molecule has 0 atom stereocenters. The molecule has 2 aromatic rings. The predicted octanol–water partition coefficient (Wildman–Crippen LogP) is 7.06.